The molecule has 1 aromatic carbocycles. The molecule has 156 valence electrons. The van der Waals surface area contributed by atoms with Crippen LogP contribution < -0.4 is 5.01 Å². The van der Waals surface area contributed by atoms with Gasteiger partial charge in [-0.2, -0.15) is 5.10 Å². The molecule has 0 aromatic heterocycles. The number of piperidine rings is 1. The molecule has 1 amide bonds. The largest absolute Gasteiger partial charge is 0.461 e. The summed E-state index contributed by atoms with van der Waals surface area (Å²) in [5.41, 5.74) is 1.07. The van der Waals surface area contributed by atoms with Crippen molar-refractivity contribution in [2.75, 3.05) is 37.9 Å². The molecule has 3 aliphatic rings. The van der Waals surface area contributed by atoms with E-state index in [2.05, 4.69) is 5.10 Å². The highest BCUT2D eigenvalue weighted by atomic mass is 16.7. The maximum absolute atomic E-state index is 13.3. The standard InChI is InChI=1S/C21H27N3O5/c1-2-27-20(26)17-14-18(24(22-17)16-6-4-3-5-7-16)19(25)23-10-8-15(9-11-23)21-28-12-13-29-21/h3-7,15,18,21H,2,8-14H2,1H3. The SMILES string of the molecule is CCOC(=O)C1=NN(c2ccccc2)C(C(=O)N2CCC(C3OCCO3)CC2)C1. The van der Waals surface area contributed by atoms with Crippen LogP contribution in [0.1, 0.15) is 26.2 Å². The van der Waals surface area contributed by atoms with E-state index in [1.54, 1.807) is 11.9 Å². The van der Waals surface area contributed by atoms with Gasteiger partial charge in [-0.15, -0.1) is 0 Å². The molecule has 0 bridgehead atoms. The number of hydrogen-bond acceptors (Lipinski definition) is 7. The van der Waals surface area contributed by atoms with Crippen LogP contribution in [0.2, 0.25) is 0 Å². The summed E-state index contributed by atoms with van der Waals surface area (Å²) in [6.07, 6.45) is 1.81. The number of anilines is 1. The zero-order chi connectivity index (χ0) is 20.2. The summed E-state index contributed by atoms with van der Waals surface area (Å²) < 4.78 is 16.4. The highest BCUT2D eigenvalue weighted by Gasteiger charge is 2.40. The molecule has 0 N–H and O–H groups in total. The lowest BCUT2D eigenvalue weighted by molar-refractivity contribution is -0.138. The number of carbonyl (C=O) groups excluding carboxylic acids is 2. The zero-order valence-corrected chi connectivity index (χ0v) is 16.7. The summed E-state index contributed by atoms with van der Waals surface area (Å²) in [6.45, 7) is 4.63. The normalized spacial score (nSPS) is 23.3. The van der Waals surface area contributed by atoms with Crippen LogP contribution >= 0.6 is 0 Å². The van der Waals surface area contributed by atoms with Gasteiger partial charge in [0.1, 0.15) is 11.8 Å². The van der Waals surface area contributed by atoms with Crippen LogP contribution in [-0.4, -0.2) is 67.7 Å². The summed E-state index contributed by atoms with van der Waals surface area (Å²) in [4.78, 5) is 27.4. The highest BCUT2D eigenvalue weighted by Crippen LogP contribution is 2.30. The molecule has 8 heteroatoms. The number of rotatable bonds is 5. The second-order valence-electron chi connectivity index (χ2n) is 7.44. The molecule has 4 rings (SSSR count). The van der Waals surface area contributed by atoms with Gasteiger partial charge in [-0.1, -0.05) is 18.2 Å². The van der Waals surface area contributed by atoms with Gasteiger partial charge in [0, 0.05) is 25.4 Å². The first-order valence-corrected chi connectivity index (χ1v) is 10.3. The average molecular weight is 401 g/mol. The second-order valence-corrected chi connectivity index (χ2v) is 7.44. The zero-order valence-electron chi connectivity index (χ0n) is 16.7. The molecule has 29 heavy (non-hydrogen) atoms. The Labute approximate surface area is 170 Å². The Morgan fingerprint density at radius 2 is 1.83 bits per heavy atom. The van der Waals surface area contributed by atoms with Gasteiger partial charge in [-0.3, -0.25) is 9.80 Å². The first kappa shape index (κ1) is 19.8. The van der Waals surface area contributed by atoms with E-state index in [-0.39, 0.29) is 30.9 Å². The molecule has 0 saturated carbocycles. The molecule has 0 spiro atoms. The Balaban J connectivity index is 1.45. The minimum Gasteiger partial charge on any atom is -0.461 e. The van der Waals surface area contributed by atoms with Gasteiger partial charge in [-0.05, 0) is 31.9 Å². The monoisotopic (exact) mass is 401 g/mol. The molecule has 0 aliphatic carbocycles. The molecule has 1 unspecified atom stereocenters. The van der Waals surface area contributed by atoms with Crippen molar-refractivity contribution in [3.63, 3.8) is 0 Å². The number of esters is 1. The summed E-state index contributed by atoms with van der Waals surface area (Å²) in [6, 6.07) is 8.93. The van der Waals surface area contributed by atoms with Gasteiger partial charge in [0.05, 0.1) is 25.5 Å². The maximum atomic E-state index is 13.3. The van der Waals surface area contributed by atoms with E-state index in [0.717, 1.165) is 18.5 Å². The van der Waals surface area contributed by atoms with Crippen molar-refractivity contribution >= 4 is 23.3 Å². The number of para-hydroxylation sites is 1. The first-order chi connectivity index (χ1) is 14.2. The van der Waals surface area contributed by atoms with Gasteiger partial charge >= 0.3 is 5.97 Å². The average Bonchev–Trinajstić information content (AvgIpc) is 3.45. The van der Waals surface area contributed by atoms with Gasteiger partial charge < -0.3 is 19.1 Å². The van der Waals surface area contributed by atoms with Crippen LogP contribution in [0.3, 0.4) is 0 Å². The Morgan fingerprint density at radius 1 is 1.14 bits per heavy atom. The lowest BCUT2D eigenvalue weighted by Crippen LogP contribution is -2.49. The molecule has 1 atom stereocenters. The lowest BCUT2D eigenvalue weighted by atomic mass is 9.95. The molecule has 3 heterocycles. The number of likely N-dealkylation sites (tertiary alicyclic amines) is 1. The maximum Gasteiger partial charge on any atom is 0.354 e. The summed E-state index contributed by atoms with van der Waals surface area (Å²) in [5, 5.41) is 6.10. The van der Waals surface area contributed by atoms with Gasteiger partial charge in [-0.25, -0.2) is 4.79 Å². The van der Waals surface area contributed by atoms with Gasteiger partial charge in [0.15, 0.2) is 6.29 Å². The summed E-state index contributed by atoms with van der Waals surface area (Å²) >= 11 is 0. The molecule has 1 aromatic rings. The van der Waals surface area contributed by atoms with Gasteiger partial charge in [0.25, 0.3) is 0 Å². The van der Waals surface area contributed by atoms with Crippen molar-refractivity contribution in [3.05, 3.63) is 30.3 Å². The Bertz CT molecular complexity index is 755. The molecule has 2 saturated heterocycles. The highest BCUT2D eigenvalue weighted by molar-refractivity contribution is 6.38. The Hall–Kier alpha value is -2.45. The molecule has 3 aliphatic heterocycles. The Morgan fingerprint density at radius 3 is 2.48 bits per heavy atom. The van der Waals surface area contributed by atoms with E-state index in [0.29, 0.717) is 32.2 Å². The molecule has 2 fully saturated rings. The number of ether oxygens (including phenoxy) is 3. The predicted molar refractivity (Wildman–Crippen MR) is 106 cm³/mol. The van der Waals surface area contributed by atoms with Crippen molar-refractivity contribution in [2.45, 2.75) is 38.5 Å². The van der Waals surface area contributed by atoms with E-state index < -0.39 is 12.0 Å². The smallest absolute Gasteiger partial charge is 0.354 e. The lowest BCUT2D eigenvalue weighted by Gasteiger charge is -2.36. The molecular formula is C21H27N3O5. The summed E-state index contributed by atoms with van der Waals surface area (Å²) in [7, 11) is 0. The second kappa shape index (κ2) is 8.92. The number of benzene rings is 1. The number of nitrogens with zero attached hydrogens (tertiary/aromatic N) is 3. The minimum absolute atomic E-state index is 0.0105. The molecule has 0 radical (unpaired) electrons. The van der Waals surface area contributed by atoms with Crippen molar-refractivity contribution < 1.29 is 23.8 Å². The van der Waals surface area contributed by atoms with E-state index >= 15 is 0 Å². The number of hydrogen-bond donors (Lipinski definition) is 0. The van der Waals surface area contributed by atoms with Crippen LogP contribution in [-0.2, 0) is 23.8 Å². The third kappa shape index (κ3) is 4.28. The third-order valence-corrected chi connectivity index (χ3v) is 5.61. The van der Waals surface area contributed by atoms with Gasteiger partial charge in [0.2, 0.25) is 5.91 Å². The van der Waals surface area contributed by atoms with E-state index in [1.165, 1.54) is 0 Å². The Kier molecular flexibility index (Phi) is 6.10. The predicted octanol–water partition coefficient (Wildman–Crippen LogP) is 1.80. The van der Waals surface area contributed by atoms with Crippen LogP contribution in [0.4, 0.5) is 5.69 Å². The van der Waals surface area contributed by atoms with Crippen molar-refractivity contribution in [1.82, 2.24) is 4.90 Å². The minimum atomic E-state index is -0.535. The summed E-state index contributed by atoms with van der Waals surface area (Å²) in [5.74, 6) is -0.150. The molecule has 8 nitrogen and oxygen atoms in total. The van der Waals surface area contributed by atoms with E-state index in [1.807, 2.05) is 35.2 Å². The number of carbonyl (C=O) groups is 2. The number of amides is 1. The van der Waals surface area contributed by atoms with Crippen LogP contribution in [0.25, 0.3) is 0 Å². The quantitative estimate of drug-likeness (QED) is 0.700. The topological polar surface area (TPSA) is 80.7 Å². The van der Waals surface area contributed by atoms with Crippen molar-refractivity contribution in [3.8, 4) is 0 Å². The van der Waals surface area contributed by atoms with Crippen LogP contribution in [0.15, 0.2) is 35.4 Å². The van der Waals surface area contributed by atoms with E-state index in [4.69, 9.17) is 14.2 Å². The fraction of sp³-hybridized carbons (Fsp3) is 0.571. The first-order valence-electron chi connectivity index (χ1n) is 10.3. The van der Waals surface area contributed by atoms with E-state index in [9.17, 15) is 9.59 Å². The van der Waals surface area contributed by atoms with Crippen molar-refractivity contribution in [1.29, 1.82) is 0 Å². The van der Waals surface area contributed by atoms with Crippen molar-refractivity contribution in [2.24, 2.45) is 11.0 Å². The molecular weight excluding hydrogens is 374 g/mol. The fourth-order valence-electron chi connectivity index (χ4n) is 4.11. The third-order valence-electron chi connectivity index (χ3n) is 5.61. The van der Waals surface area contributed by atoms with Crippen LogP contribution in [0.5, 0.6) is 0 Å². The fourth-order valence-corrected chi connectivity index (χ4v) is 4.11. The number of hydrazone groups is 1. The van der Waals surface area contributed by atoms with Crippen LogP contribution in [0, 0.1) is 5.92 Å².